The summed E-state index contributed by atoms with van der Waals surface area (Å²) in [6.07, 6.45) is 0. The molecule has 4 nitrogen and oxygen atoms in total. The molecular weight excluding hydrogens is 330 g/mol. The van der Waals surface area contributed by atoms with E-state index in [-0.39, 0.29) is 4.90 Å². The largest absolute Gasteiger partial charge is 0.465 e. The van der Waals surface area contributed by atoms with E-state index in [2.05, 4.69) is 20.7 Å². The summed E-state index contributed by atoms with van der Waals surface area (Å²) in [6, 6.07) is 9.72. The Morgan fingerprint density at radius 3 is 2.58 bits per heavy atom. The van der Waals surface area contributed by atoms with E-state index in [1.54, 1.807) is 43.3 Å². The van der Waals surface area contributed by atoms with Crippen molar-refractivity contribution in [2.24, 2.45) is 0 Å². The number of benzene rings is 1. The average molecular weight is 344 g/mol. The van der Waals surface area contributed by atoms with Crippen LogP contribution in [0.1, 0.15) is 24.5 Å². The van der Waals surface area contributed by atoms with Gasteiger partial charge in [-0.15, -0.1) is 0 Å². The van der Waals surface area contributed by atoms with Crippen molar-refractivity contribution in [3.8, 4) is 0 Å². The first-order valence-corrected chi connectivity index (χ1v) is 8.00. The number of aryl methyl sites for hydroxylation is 1. The van der Waals surface area contributed by atoms with Crippen LogP contribution in [0.25, 0.3) is 0 Å². The van der Waals surface area contributed by atoms with Crippen LogP contribution in [0, 0.1) is 6.92 Å². The Kier molecular flexibility index (Phi) is 4.13. The predicted molar refractivity (Wildman–Crippen MR) is 76.3 cm³/mol. The molecule has 0 radical (unpaired) electrons. The van der Waals surface area contributed by atoms with Crippen molar-refractivity contribution in [3.63, 3.8) is 0 Å². The molecule has 1 aromatic carbocycles. The number of nitrogens with one attached hydrogen (secondary N) is 1. The molecular formula is C13H14BrNO3S. The minimum absolute atomic E-state index is 0.219. The zero-order valence-corrected chi connectivity index (χ0v) is 13.0. The first-order chi connectivity index (χ1) is 8.88. The summed E-state index contributed by atoms with van der Waals surface area (Å²) in [6.45, 7) is 3.56. The summed E-state index contributed by atoms with van der Waals surface area (Å²) in [5.41, 5.74) is 0. The van der Waals surface area contributed by atoms with Crippen LogP contribution < -0.4 is 4.72 Å². The van der Waals surface area contributed by atoms with E-state index in [0.717, 1.165) is 10.2 Å². The van der Waals surface area contributed by atoms with E-state index in [1.165, 1.54) is 0 Å². The molecule has 1 N–H and O–H groups in total. The molecule has 0 spiro atoms. The lowest BCUT2D eigenvalue weighted by atomic mass is 10.3. The molecule has 0 saturated carbocycles. The summed E-state index contributed by atoms with van der Waals surface area (Å²) in [5, 5.41) is 0. The Labute approximate surface area is 121 Å². The van der Waals surface area contributed by atoms with Gasteiger partial charge in [-0.25, -0.2) is 13.1 Å². The highest BCUT2D eigenvalue weighted by atomic mass is 79.9. The number of furan rings is 1. The van der Waals surface area contributed by atoms with Crippen LogP contribution in [0.5, 0.6) is 0 Å². The molecule has 0 aliphatic heterocycles. The Balaban J connectivity index is 2.22. The van der Waals surface area contributed by atoms with Gasteiger partial charge in [0.2, 0.25) is 10.0 Å². The van der Waals surface area contributed by atoms with Gasteiger partial charge in [-0.05, 0) is 44.2 Å². The van der Waals surface area contributed by atoms with Gasteiger partial charge in [0.25, 0.3) is 0 Å². The third-order valence-electron chi connectivity index (χ3n) is 2.63. The lowest BCUT2D eigenvalue weighted by Crippen LogP contribution is -2.26. The first kappa shape index (κ1) is 14.3. The molecule has 1 unspecified atom stereocenters. The first-order valence-electron chi connectivity index (χ1n) is 5.73. The molecule has 0 aliphatic rings. The lowest BCUT2D eigenvalue weighted by Gasteiger charge is -2.12. The maximum absolute atomic E-state index is 12.2. The fraction of sp³-hybridized carbons (Fsp3) is 0.231. The quantitative estimate of drug-likeness (QED) is 0.925. The number of halogens is 1. The SMILES string of the molecule is Cc1ccc(C(C)NS(=O)(=O)c2cccc(Br)c2)o1. The van der Waals surface area contributed by atoms with Crippen molar-refractivity contribution in [2.75, 3.05) is 0 Å². The van der Waals surface area contributed by atoms with Gasteiger partial charge in [-0.2, -0.15) is 0 Å². The Bertz CT molecular complexity index is 679. The van der Waals surface area contributed by atoms with E-state index in [0.29, 0.717) is 5.76 Å². The average Bonchev–Trinajstić information content (AvgIpc) is 2.75. The highest BCUT2D eigenvalue weighted by molar-refractivity contribution is 9.10. The van der Waals surface area contributed by atoms with Crippen LogP contribution >= 0.6 is 15.9 Å². The van der Waals surface area contributed by atoms with Crippen LogP contribution in [0.15, 0.2) is 50.2 Å². The monoisotopic (exact) mass is 343 g/mol. The van der Waals surface area contributed by atoms with Gasteiger partial charge >= 0.3 is 0 Å². The van der Waals surface area contributed by atoms with Crippen molar-refractivity contribution >= 4 is 26.0 Å². The van der Waals surface area contributed by atoms with Crippen LogP contribution in [-0.4, -0.2) is 8.42 Å². The Hall–Kier alpha value is -1.11. The van der Waals surface area contributed by atoms with Crippen LogP contribution in [0.3, 0.4) is 0 Å². The maximum atomic E-state index is 12.2. The summed E-state index contributed by atoms with van der Waals surface area (Å²) < 4.78 is 33.1. The van der Waals surface area contributed by atoms with Crippen LogP contribution in [0.2, 0.25) is 0 Å². The molecule has 0 saturated heterocycles. The van der Waals surface area contributed by atoms with Crippen molar-refractivity contribution in [1.82, 2.24) is 4.72 Å². The number of sulfonamides is 1. The topological polar surface area (TPSA) is 59.3 Å². The molecule has 0 fully saturated rings. The summed E-state index contributed by atoms with van der Waals surface area (Å²) in [7, 11) is -3.56. The second-order valence-corrected chi connectivity index (χ2v) is 6.88. The van der Waals surface area contributed by atoms with E-state index < -0.39 is 16.1 Å². The minimum atomic E-state index is -3.56. The Morgan fingerprint density at radius 1 is 1.26 bits per heavy atom. The van der Waals surface area contributed by atoms with Crippen molar-refractivity contribution in [2.45, 2.75) is 24.8 Å². The minimum Gasteiger partial charge on any atom is -0.465 e. The zero-order chi connectivity index (χ0) is 14.0. The van der Waals surface area contributed by atoms with E-state index >= 15 is 0 Å². The van der Waals surface area contributed by atoms with E-state index in [9.17, 15) is 8.42 Å². The molecule has 1 heterocycles. The van der Waals surface area contributed by atoms with Gasteiger partial charge in [-0.3, -0.25) is 0 Å². The van der Waals surface area contributed by atoms with Crippen LogP contribution in [0.4, 0.5) is 0 Å². The number of rotatable bonds is 4. The van der Waals surface area contributed by atoms with Gasteiger partial charge in [-0.1, -0.05) is 22.0 Å². The zero-order valence-electron chi connectivity index (χ0n) is 10.6. The molecule has 0 bridgehead atoms. The Morgan fingerprint density at radius 2 is 2.00 bits per heavy atom. The van der Waals surface area contributed by atoms with Crippen LogP contribution in [-0.2, 0) is 10.0 Å². The van der Waals surface area contributed by atoms with Crippen molar-refractivity contribution in [3.05, 3.63) is 52.4 Å². The van der Waals surface area contributed by atoms with Gasteiger partial charge in [0, 0.05) is 4.47 Å². The van der Waals surface area contributed by atoms with Gasteiger partial charge in [0.05, 0.1) is 10.9 Å². The standard InChI is InChI=1S/C13H14BrNO3S/c1-9-6-7-13(18-9)10(2)15-19(16,17)12-5-3-4-11(14)8-12/h3-8,10,15H,1-2H3. The second kappa shape index (κ2) is 5.48. The highest BCUT2D eigenvalue weighted by Crippen LogP contribution is 2.20. The molecule has 2 aromatic rings. The third-order valence-corrected chi connectivity index (χ3v) is 4.66. The summed E-state index contributed by atoms with van der Waals surface area (Å²) in [5.74, 6) is 1.35. The molecule has 0 aliphatic carbocycles. The predicted octanol–water partition coefficient (Wildman–Crippen LogP) is 3.39. The van der Waals surface area contributed by atoms with E-state index in [1.807, 2.05) is 6.92 Å². The molecule has 1 atom stereocenters. The number of hydrogen-bond donors (Lipinski definition) is 1. The summed E-state index contributed by atoms with van der Waals surface area (Å²) >= 11 is 3.26. The van der Waals surface area contributed by atoms with Crippen molar-refractivity contribution in [1.29, 1.82) is 0 Å². The third kappa shape index (κ3) is 3.46. The molecule has 6 heteroatoms. The van der Waals surface area contributed by atoms with E-state index in [4.69, 9.17) is 4.42 Å². The van der Waals surface area contributed by atoms with Gasteiger partial charge in [0.15, 0.2) is 0 Å². The molecule has 19 heavy (non-hydrogen) atoms. The molecule has 1 aromatic heterocycles. The fourth-order valence-electron chi connectivity index (χ4n) is 1.68. The fourth-order valence-corrected chi connectivity index (χ4v) is 3.49. The molecule has 102 valence electrons. The normalized spacial score (nSPS) is 13.4. The van der Waals surface area contributed by atoms with Crippen molar-refractivity contribution < 1.29 is 12.8 Å². The van der Waals surface area contributed by atoms with Gasteiger partial charge in [0.1, 0.15) is 11.5 Å². The molecule has 0 amide bonds. The smallest absolute Gasteiger partial charge is 0.241 e. The van der Waals surface area contributed by atoms with Gasteiger partial charge < -0.3 is 4.42 Å². The lowest BCUT2D eigenvalue weighted by molar-refractivity contribution is 0.441. The number of hydrogen-bond acceptors (Lipinski definition) is 3. The highest BCUT2D eigenvalue weighted by Gasteiger charge is 2.20. The second-order valence-electron chi connectivity index (χ2n) is 4.25. The maximum Gasteiger partial charge on any atom is 0.241 e. The summed E-state index contributed by atoms with van der Waals surface area (Å²) in [4.78, 5) is 0.219. The molecule has 2 rings (SSSR count).